The molecule has 0 unspecified atom stereocenters. The summed E-state index contributed by atoms with van der Waals surface area (Å²) in [4.78, 5) is 14.0. The van der Waals surface area contributed by atoms with Gasteiger partial charge in [-0.3, -0.25) is 0 Å². The number of primary sulfonamides is 1. The summed E-state index contributed by atoms with van der Waals surface area (Å²) in [7, 11) is -3.72. The predicted octanol–water partition coefficient (Wildman–Crippen LogP) is 3.15. The fraction of sp³-hybridized carbons (Fsp3) is 0.389. The Morgan fingerprint density at radius 2 is 1.85 bits per heavy atom. The monoisotopic (exact) mass is 397 g/mol. The fourth-order valence-corrected chi connectivity index (χ4v) is 4.16. The number of sulfonamides is 1. The second-order valence-corrected chi connectivity index (χ2v) is 8.36. The number of carbonyl (C=O) groups is 1. The van der Waals surface area contributed by atoms with Gasteiger partial charge in [0, 0.05) is 4.88 Å². The average Bonchev–Trinajstić information content (AvgIpc) is 3.01. The van der Waals surface area contributed by atoms with Gasteiger partial charge in [0.05, 0.1) is 4.90 Å². The molecule has 6 nitrogen and oxygen atoms in total. The Hall–Kier alpha value is -1.90. The molecule has 2 aromatic rings. The van der Waals surface area contributed by atoms with Crippen LogP contribution < -0.4 is 9.88 Å². The van der Waals surface area contributed by atoms with Gasteiger partial charge in [-0.15, -0.1) is 11.3 Å². The SMILES string of the molecule is CCCc1sc(C(=O)OCCOc2ccc(S(N)(=O)=O)cc2)cc1CC. The number of rotatable bonds is 9. The molecule has 0 fully saturated rings. The number of ether oxygens (including phenoxy) is 2. The molecular weight excluding hydrogens is 374 g/mol. The lowest BCUT2D eigenvalue weighted by atomic mass is 10.1. The molecule has 0 radical (unpaired) electrons. The zero-order valence-corrected chi connectivity index (χ0v) is 16.5. The third-order valence-electron chi connectivity index (χ3n) is 3.69. The molecule has 26 heavy (non-hydrogen) atoms. The predicted molar refractivity (Wildman–Crippen MR) is 101 cm³/mol. The Bertz CT molecular complexity index is 841. The molecule has 0 aliphatic rings. The van der Waals surface area contributed by atoms with Crippen molar-refractivity contribution in [1.82, 2.24) is 0 Å². The van der Waals surface area contributed by atoms with Gasteiger partial charge in [-0.2, -0.15) is 0 Å². The first kappa shape index (κ1) is 20.4. The van der Waals surface area contributed by atoms with Crippen molar-refractivity contribution in [2.75, 3.05) is 13.2 Å². The molecule has 0 spiro atoms. The van der Waals surface area contributed by atoms with E-state index in [4.69, 9.17) is 14.6 Å². The highest BCUT2D eigenvalue weighted by Crippen LogP contribution is 2.25. The van der Waals surface area contributed by atoms with E-state index in [0.29, 0.717) is 10.6 Å². The topological polar surface area (TPSA) is 95.7 Å². The van der Waals surface area contributed by atoms with Crippen molar-refractivity contribution in [1.29, 1.82) is 0 Å². The first-order valence-corrected chi connectivity index (χ1v) is 10.8. The van der Waals surface area contributed by atoms with E-state index in [0.717, 1.165) is 19.3 Å². The van der Waals surface area contributed by atoms with Gasteiger partial charge in [-0.1, -0.05) is 20.3 Å². The Labute approximate surface area is 158 Å². The molecule has 2 N–H and O–H groups in total. The molecule has 0 atom stereocenters. The number of esters is 1. The van der Waals surface area contributed by atoms with E-state index in [2.05, 4.69) is 13.8 Å². The van der Waals surface area contributed by atoms with Crippen LogP contribution in [0.1, 0.15) is 40.4 Å². The van der Waals surface area contributed by atoms with E-state index in [1.54, 1.807) is 0 Å². The van der Waals surface area contributed by atoms with Crippen molar-refractivity contribution in [3.05, 3.63) is 45.6 Å². The maximum Gasteiger partial charge on any atom is 0.348 e. The lowest BCUT2D eigenvalue weighted by Crippen LogP contribution is -2.13. The molecule has 0 aliphatic carbocycles. The van der Waals surface area contributed by atoms with Crippen LogP contribution in [0.15, 0.2) is 35.2 Å². The molecule has 1 aromatic heterocycles. The minimum atomic E-state index is -3.72. The van der Waals surface area contributed by atoms with Crippen LogP contribution >= 0.6 is 11.3 Å². The Kier molecular flexibility index (Phi) is 7.19. The maximum atomic E-state index is 12.1. The molecule has 0 bridgehead atoms. The lowest BCUT2D eigenvalue weighted by molar-refractivity contribution is 0.0456. The summed E-state index contributed by atoms with van der Waals surface area (Å²) in [5.74, 6) is 0.128. The van der Waals surface area contributed by atoms with Crippen molar-refractivity contribution in [2.24, 2.45) is 5.14 Å². The van der Waals surface area contributed by atoms with Crippen LogP contribution in [-0.2, 0) is 27.6 Å². The molecule has 0 saturated carbocycles. The summed E-state index contributed by atoms with van der Waals surface area (Å²) in [6.45, 7) is 4.47. The molecule has 0 amide bonds. The normalized spacial score (nSPS) is 11.3. The van der Waals surface area contributed by atoms with Gasteiger partial charge in [0.2, 0.25) is 10.0 Å². The smallest absolute Gasteiger partial charge is 0.348 e. The van der Waals surface area contributed by atoms with Crippen LogP contribution in [-0.4, -0.2) is 27.6 Å². The molecule has 1 aromatic carbocycles. The van der Waals surface area contributed by atoms with Crippen LogP contribution in [0.2, 0.25) is 0 Å². The summed E-state index contributed by atoms with van der Waals surface area (Å²) >= 11 is 1.49. The lowest BCUT2D eigenvalue weighted by Gasteiger charge is -2.07. The second-order valence-electron chi connectivity index (χ2n) is 5.66. The highest BCUT2D eigenvalue weighted by molar-refractivity contribution is 7.89. The van der Waals surface area contributed by atoms with Gasteiger partial charge in [0.15, 0.2) is 0 Å². The summed E-state index contributed by atoms with van der Waals surface area (Å²) in [5, 5.41) is 5.03. The van der Waals surface area contributed by atoms with Crippen LogP contribution in [0.5, 0.6) is 5.75 Å². The highest BCUT2D eigenvalue weighted by Gasteiger charge is 2.14. The molecule has 142 valence electrons. The molecule has 1 heterocycles. The van der Waals surface area contributed by atoms with Gasteiger partial charge in [0.25, 0.3) is 0 Å². The standard InChI is InChI=1S/C18H23NO5S2/c1-3-5-16-13(4-2)12-17(25-16)18(20)24-11-10-23-14-6-8-15(9-7-14)26(19,21)22/h6-9,12H,3-5,10-11H2,1-2H3,(H2,19,21,22). The number of nitrogens with two attached hydrogens (primary N) is 1. The number of thiophene rings is 1. The van der Waals surface area contributed by atoms with Crippen LogP contribution in [0.25, 0.3) is 0 Å². The molecule has 8 heteroatoms. The Balaban J connectivity index is 1.83. The summed E-state index contributed by atoms with van der Waals surface area (Å²) in [6.07, 6.45) is 2.91. The van der Waals surface area contributed by atoms with Crippen LogP contribution in [0, 0.1) is 0 Å². The third kappa shape index (κ3) is 5.55. The average molecular weight is 398 g/mol. The first-order chi connectivity index (χ1) is 12.3. The summed E-state index contributed by atoms with van der Waals surface area (Å²) in [5.41, 5.74) is 1.20. The van der Waals surface area contributed by atoms with Gasteiger partial charge in [0.1, 0.15) is 23.8 Å². The van der Waals surface area contributed by atoms with E-state index in [-0.39, 0.29) is 24.1 Å². The number of hydrogen-bond acceptors (Lipinski definition) is 6. The number of aryl methyl sites for hydroxylation is 2. The minimum Gasteiger partial charge on any atom is -0.490 e. The van der Waals surface area contributed by atoms with Gasteiger partial charge in [-0.05, 0) is 48.7 Å². The van der Waals surface area contributed by atoms with Gasteiger partial charge in [-0.25, -0.2) is 18.4 Å². The zero-order chi connectivity index (χ0) is 19.2. The minimum absolute atomic E-state index is 0.0172. The van der Waals surface area contributed by atoms with Crippen molar-refractivity contribution in [3.8, 4) is 5.75 Å². The first-order valence-electron chi connectivity index (χ1n) is 8.39. The second kappa shape index (κ2) is 9.16. The van der Waals surface area contributed by atoms with Crippen LogP contribution in [0.4, 0.5) is 0 Å². The maximum absolute atomic E-state index is 12.1. The number of hydrogen-bond donors (Lipinski definition) is 1. The van der Waals surface area contributed by atoms with E-state index in [1.165, 1.54) is 46.0 Å². The molecule has 0 saturated heterocycles. The van der Waals surface area contributed by atoms with Crippen molar-refractivity contribution >= 4 is 27.3 Å². The fourth-order valence-electron chi connectivity index (χ4n) is 2.40. The van der Waals surface area contributed by atoms with Crippen molar-refractivity contribution in [2.45, 2.75) is 38.0 Å². The van der Waals surface area contributed by atoms with E-state index in [1.807, 2.05) is 6.07 Å². The van der Waals surface area contributed by atoms with E-state index >= 15 is 0 Å². The Morgan fingerprint density at radius 3 is 2.42 bits per heavy atom. The molecule has 0 aliphatic heterocycles. The van der Waals surface area contributed by atoms with Crippen molar-refractivity contribution in [3.63, 3.8) is 0 Å². The van der Waals surface area contributed by atoms with Crippen molar-refractivity contribution < 1.29 is 22.7 Å². The molecular formula is C18H23NO5S2. The van der Waals surface area contributed by atoms with Gasteiger partial charge < -0.3 is 9.47 Å². The number of benzene rings is 1. The zero-order valence-electron chi connectivity index (χ0n) is 14.9. The van der Waals surface area contributed by atoms with Gasteiger partial charge >= 0.3 is 5.97 Å². The highest BCUT2D eigenvalue weighted by atomic mass is 32.2. The van der Waals surface area contributed by atoms with E-state index in [9.17, 15) is 13.2 Å². The van der Waals surface area contributed by atoms with Crippen LogP contribution in [0.3, 0.4) is 0 Å². The largest absolute Gasteiger partial charge is 0.490 e. The Morgan fingerprint density at radius 1 is 1.15 bits per heavy atom. The summed E-state index contributed by atoms with van der Waals surface area (Å²) in [6, 6.07) is 7.65. The van der Waals surface area contributed by atoms with E-state index < -0.39 is 10.0 Å². The summed E-state index contributed by atoms with van der Waals surface area (Å²) < 4.78 is 33.1. The third-order valence-corrected chi connectivity index (χ3v) is 5.84. The quantitative estimate of drug-likeness (QED) is 0.518. The number of carbonyl (C=O) groups excluding carboxylic acids is 1. The molecule has 2 rings (SSSR count).